The van der Waals surface area contributed by atoms with E-state index in [9.17, 15) is 4.79 Å². The van der Waals surface area contributed by atoms with Gasteiger partial charge >= 0.3 is 0 Å². The first-order chi connectivity index (χ1) is 9.15. The van der Waals surface area contributed by atoms with E-state index in [-0.39, 0.29) is 12.0 Å². The zero-order valence-electron chi connectivity index (χ0n) is 11.6. The molecule has 1 aromatic heterocycles. The molecule has 0 saturated carbocycles. The summed E-state index contributed by atoms with van der Waals surface area (Å²) in [5, 5.41) is 2.84. The van der Waals surface area contributed by atoms with Crippen molar-refractivity contribution in [2.75, 3.05) is 32.8 Å². The van der Waals surface area contributed by atoms with Crippen molar-refractivity contribution in [1.29, 1.82) is 0 Å². The summed E-state index contributed by atoms with van der Waals surface area (Å²) in [6.45, 7) is 8.60. The second-order valence-corrected chi connectivity index (χ2v) is 5.33. The summed E-state index contributed by atoms with van der Waals surface area (Å²) in [5.74, 6) is 0.806. The van der Waals surface area contributed by atoms with Crippen LogP contribution in [-0.2, 0) is 4.74 Å². The number of carbonyl (C=O) groups is 1. The van der Waals surface area contributed by atoms with Crippen molar-refractivity contribution < 1.29 is 13.9 Å². The van der Waals surface area contributed by atoms with Gasteiger partial charge in [0.1, 0.15) is 0 Å². The Morgan fingerprint density at radius 3 is 3.11 bits per heavy atom. The Bertz CT molecular complexity index is 389. The zero-order valence-corrected chi connectivity index (χ0v) is 11.6. The summed E-state index contributed by atoms with van der Waals surface area (Å²) >= 11 is 0. The monoisotopic (exact) mass is 266 g/mol. The van der Waals surface area contributed by atoms with E-state index < -0.39 is 0 Å². The van der Waals surface area contributed by atoms with E-state index >= 15 is 0 Å². The largest absolute Gasteiger partial charge is 0.459 e. The van der Waals surface area contributed by atoms with E-state index in [1.54, 1.807) is 12.1 Å². The lowest BCUT2D eigenvalue weighted by molar-refractivity contribution is -0.0296. The molecular formula is C14H22N2O3. The first kappa shape index (κ1) is 14.1. The molecule has 1 amide bonds. The standard InChI is InChI=1S/C14H22N2O3/c1-11(2)9-16-5-7-18-12(10-16)8-15-14(17)13-4-3-6-19-13/h3-4,6,11-12H,5,7-10H2,1-2H3,(H,15,17). The fraction of sp³-hybridized carbons (Fsp3) is 0.643. The van der Waals surface area contributed by atoms with Gasteiger partial charge in [-0.25, -0.2) is 0 Å². The van der Waals surface area contributed by atoms with Crippen molar-refractivity contribution in [2.45, 2.75) is 20.0 Å². The highest BCUT2D eigenvalue weighted by atomic mass is 16.5. The number of nitrogens with zero attached hydrogens (tertiary/aromatic N) is 1. The van der Waals surface area contributed by atoms with Crippen LogP contribution in [0, 0.1) is 5.92 Å². The lowest BCUT2D eigenvalue weighted by atomic mass is 10.2. The molecule has 0 bridgehead atoms. The van der Waals surface area contributed by atoms with Crippen LogP contribution in [0.4, 0.5) is 0 Å². The number of morpholine rings is 1. The second-order valence-electron chi connectivity index (χ2n) is 5.33. The van der Waals surface area contributed by atoms with Crippen LogP contribution >= 0.6 is 0 Å². The van der Waals surface area contributed by atoms with Crippen LogP contribution in [0.25, 0.3) is 0 Å². The molecule has 106 valence electrons. The lowest BCUT2D eigenvalue weighted by Gasteiger charge is -2.33. The predicted octanol–water partition coefficient (Wildman–Crippen LogP) is 1.37. The van der Waals surface area contributed by atoms with Crippen molar-refractivity contribution >= 4 is 5.91 Å². The molecule has 1 aliphatic heterocycles. The van der Waals surface area contributed by atoms with Crippen molar-refractivity contribution in [1.82, 2.24) is 10.2 Å². The molecule has 1 N–H and O–H groups in total. The number of ether oxygens (including phenoxy) is 1. The summed E-state index contributed by atoms with van der Waals surface area (Å²) in [5.41, 5.74) is 0. The van der Waals surface area contributed by atoms with E-state index in [4.69, 9.17) is 9.15 Å². The SMILES string of the molecule is CC(C)CN1CCOC(CNC(=O)c2ccco2)C1. The minimum atomic E-state index is -0.186. The van der Waals surface area contributed by atoms with Gasteiger partial charge in [0.15, 0.2) is 5.76 Å². The van der Waals surface area contributed by atoms with Gasteiger partial charge in [0.2, 0.25) is 0 Å². The van der Waals surface area contributed by atoms with E-state index in [2.05, 4.69) is 24.1 Å². The molecule has 1 aliphatic rings. The Balaban J connectivity index is 1.75. The molecule has 2 rings (SSSR count). The molecule has 1 unspecified atom stereocenters. The summed E-state index contributed by atoms with van der Waals surface area (Å²) in [6.07, 6.45) is 1.56. The van der Waals surface area contributed by atoms with Crippen molar-refractivity contribution in [3.63, 3.8) is 0 Å². The van der Waals surface area contributed by atoms with E-state index in [0.29, 0.717) is 18.2 Å². The van der Waals surface area contributed by atoms with Gasteiger partial charge in [-0.15, -0.1) is 0 Å². The number of rotatable bonds is 5. The predicted molar refractivity (Wildman–Crippen MR) is 72.1 cm³/mol. The van der Waals surface area contributed by atoms with E-state index in [1.165, 1.54) is 6.26 Å². The smallest absolute Gasteiger partial charge is 0.287 e. The van der Waals surface area contributed by atoms with Crippen molar-refractivity contribution in [3.8, 4) is 0 Å². The van der Waals surface area contributed by atoms with Gasteiger partial charge in [0.05, 0.1) is 19.0 Å². The van der Waals surface area contributed by atoms with E-state index in [0.717, 1.165) is 26.2 Å². The Morgan fingerprint density at radius 2 is 2.42 bits per heavy atom. The van der Waals surface area contributed by atoms with Crippen LogP contribution in [0.1, 0.15) is 24.4 Å². The van der Waals surface area contributed by atoms with Crippen LogP contribution < -0.4 is 5.32 Å². The zero-order chi connectivity index (χ0) is 13.7. The lowest BCUT2D eigenvalue weighted by Crippen LogP contribution is -2.48. The molecule has 5 nitrogen and oxygen atoms in total. The van der Waals surface area contributed by atoms with Crippen LogP contribution in [-0.4, -0.2) is 49.7 Å². The first-order valence-corrected chi connectivity index (χ1v) is 6.81. The highest BCUT2D eigenvalue weighted by molar-refractivity contribution is 5.91. The molecule has 1 aromatic rings. The molecule has 1 saturated heterocycles. The number of nitrogens with one attached hydrogen (secondary N) is 1. The van der Waals surface area contributed by atoms with Crippen LogP contribution in [0.3, 0.4) is 0 Å². The average molecular weight is 266 g/mol. The van der Waals surface area contributed by atoms with Crippen molar-refractivity contribution in [3.05, 3.63) is 24.2 Å². The second kappa shape index (κ2) is 6.73. The average Bonchev–Trinajstić information content (AvgIpc) is 2.89. The third-order valence-electron chi connectivity index (χ3n) is 3.08. The van der Waals surface area contributed by atoms with Gasteiger partial charge in [0, 0.05) is 26.2 Å². The maximum atomic E-state index is 11.7. The molecular weight excluding hydrogens is 244 g/mol. The third-order valence-corrected chi connectivity index (χ3v) is 3.08. The molecule has 2 heterocycles. The molecule has 1 fully saturated rings. The highest BCUT2D eigenvalue weighted by Crippen LogP contribution is 2.08. The minimum Gasteiger partial charge on any atom is -0.459 e. The van der Waals surface area contributed by atoms with Gasteiger partial charge < -0.3 is 14.5 Å². The Morgan fingerprint density at radius 1 is 1.58 bits per heavy atom. The molecule has 0 aromatic carbocycles. The minimum absolute atomic E-state index is 0.0615. The number of hydrogen-bond acceptors (Lipinski definition) is 4. The number of amides is 1. The van der Waals surface area contributed by atoms with Crippen molar-refractivity contribution in [2.24, 2.45) is 5.92 Å². The van der Waals surface area contributed by atoms with Gasteiger partial charge in [-0.1, -0.05) is 13.8 Å². The molecule has 0 radical (unpaired) electrons. The van der Waals surface area contributed by atoms with Gasteiger partial charge in [0.25, 0.3) is 5.91 Å². The van der Waals surface area contributed by atoms with Crippen LogP contribution in [0.2, 0.25) is 0 Å². The normalized spacial score (nSPS) is 20.7. The van der Waals surface area contributed by atoms with Gasteiger partial charge in [-0.05, 0) is 18.1 Å². The highest BCUT2D eigenvalue weighted by Gasteiger charge is 2.21. The topological polar surface area (TPSA) is 54.7 Å². The first-order valence-electron chi connectivity index (χ1n) is 6.81. The molecule has 0 aliphatic carbocycles. The van der Waals surface area contributed by atoms with Crippen LogP contribution in [0.5, 0.6) is 0 Å². The fourth-order valence-electron chi connectivity index (χ4n) is 2.29. The Hall–Kier alpha value is -1.33. The molecule has 0 spiro atoms. The summed E-state index contributed by atoms with van der Waals surface area (Å²) in [7, 11) is 0. The maximum absolute atomic E-state index is 11.7. The molecule has 5 heteroatoms. The van der Waals surface area contributed by atoms with Crippen LogP contribution in [0.15, 0.2) is 22.8 Å². The summed E-state index contributed by atoms with van der Waals surface area (Å²) < 4.78 is 10.7. The number of hydrogen-bond donors (Lipinski definition) is 1. The Labute approximate surface area is 113 Å². The van der Waals surface area contributed by atoms with Gasteiger partial charge in [-0.3, -0.25) is 9.69 Å². The fourth-order valence-corrected chi connectivity index (χ4v) is 2.29. The molecule has 19 heavy (non-hydrogen) atoms. The quantitative estimate of drug-likeness (QED) is 0.874. The maximum Gasteiger partial charge on any atom is 0.287 e. The summed E-state index contributed by atoms with van der Waals surface area (Å²) in [6, 6.07) is 3.36. The van der Waals surface area contributed by atoms with E-state index in [1.807, 2.05) is 0 Å². The Kier molecular flexibility index (Phi) is 4.99. The molecule has 1 atom stereocenters. The third kappa shape index (κ3) is 4.36. The summed E-state index contributed by atoms with van der Waals surface area (Å²) in [4.78, 5) is 14.1. The number of furan rings is 1. The van der Waals surface area contributed by atoms with Gasteiger partial charge in [-0.2, -0.15) is 0 Å². The number of carbonyl (C=O) groups excluding carboxylic acids is 1.